The molecule has 0 aliphatic carbocycles. The standard InChI is InChI=1S/C2HF3.6CH3.2Sn/c3-1-2(4)5;;;;;;;;/h1H;6*1H3;;. The van der Waals surface area contributed by atoms with Crippen molar-refractivity contribution < 1.29 is 13.2 Å². The third-order valence-electron chi connectivity index (χ3n) is 2.08. The zero-order chi connectivity index (χ0) is 11.1. The van der Waals surface area contributed by atoms with Gasteiger partial charge in [-0.15, -0.1) is 0 Å². The zero-order valence-corrected chi connectivity index (χ0v) is 14.9. The Morgan fingerprint density at radius 2 is 1.23 bits per heavy atom. The second-order valence-corrected chi connectivity index (χ2v) is 35.3. The summed E-state index contributed by atoms with van der Waals surface area (Å²) in [6.07, 6.45) is 0. The van der Waals surface area contributed by atoms with Crippen LogP contribution in [0.5, 0.6) is 0 Å². The fourth-order valence-corrected chi connectivity index (χ4v) is 22.8. The average Bonchev–Trinajstić information content (AvgIpc) is 1.81. The minimum absolute atomic E-state index is 1.60. The molecule has 0 fully saturated rings. The summed E-state index contributed by atoms with van der Waals surface area (Å²) in [6.45, 7) is 0. The molecule has 13 heavy (non-hydrogen) atoms. The van der Waals surface area contributed by atoms with Crippen LogP contribution in [-0.2, 0) is 0 Å². The van der Waals surface area contributed by atoms with Gasteiger partial charge in [-0.2, -0.15) is 0 Å². The van der Waals surface area contributed by atoms with Crippen LogP contribution < -0.4 is 0 Å². The van der Waals surface area contributed by atoms with Crippen molar-refractivity contribution in [1.29, 1.82) is 0 Å². The molecule has 0 aromatic rings. The molecule has 0 N–H and O–H groups in total. The number of halogens is 3. The molecule has 1 unspecified atom stereocenters. The average molecular weight is 410 g/mol. The Morgan fingerprint density at radius 3 is 1.31 bits per heavy atom. The van der Waals surface area contributed by atoms with E-state index in [1.807, 2.05) is 0 Å². The Kier molecular flexibility index (Phi) is 4.54. The van der Waals surface area contributed by atoms with Gasteiger partial charge in [0.1, 0.15) is 0 Å². The molecule has 0 rings (SSSR count). The maximum atomic E-state index is 13.6. The summed E-state index contributed by atoms with van der Waals surface area (Å²) >= 11 is -6.54. The van der Waals surface area contributed by atoms with Gasteiger partial charge in [0.25, 0.3) is 0 Å². The molecule has 0 heterocycles. The summed E-state index contributed by atoms with van der Waals surface area (Å²) in [5.74, 6) is 0. The molecule has 1 atom stereocenters. The number of alkyl halides is 3. The first-order valence-electron chi connectivity index (χ1n) is 4.42. The van der Waals surface area contributed by atoms with Crippen LogP contribution in [0, 0.1) is 0 Å². The summed E-state index contributed by atoms with van der Waals surface area (Å²) in [5, 5.41) is 0. The van der Waals surface area contributed by atoms with Crippen molar-refractivity contribution in [3.05, 3.63) is 0 Å². The number of hydrogen-bond donors (Lipinski definition) is 0. The topological polar surface area (TPSA) is 0 Å². The molecule has 80 valence electrons. The molecular formula is C8H19F3Sn2. The van der Waals surface area contributed by atoms with Crippen LogP contribution >= 0.6 is 0 Å². The van der Waals surface area contributed by atoms with E-state index < -0.39 is 44.9 Å². The predicted octanol–water partition coefficient (Wildman–Crippen LogP) is 3.71. The van der Waals surface area contributed by atoms with Crippen LogP contribution in [0.15, 0.2) is 0 Å². The van der Waals surface area contributed by atoms with E-state index in [1.54, 1.807) is 29.6 Å². The summed E-state index contributed by atoms with van der Waals surface area (Å²) in [6, 6.07) is 0. The van der Waals surface area contributed by atoms with Crippen molar-refractivity contribution >= 4 is 36.8 Å². The van der Waals surface area contributed by atoms with Crippen LogP contribution in [-0.4, -0.2) is 44.9 Å². The Bertz CT molecular complexity index is 179. The second kappa shape index (κ2) is 4.10. The van der Waals surface area contributed by atoms with Crippen molar-refractivity contribution in [3.63, 3.8) is 0 Å². The van der Waals surface area contributed by atoms with Crippen molar-refractivity contribution in [3.8, 4) is 0 Å². The maximum absolute atomic E-state index is 13.6. The van der Waals surface area contributed by atoms with E-state index >= 15 is 0 Å². The van der Waals surface area contributed by atoms with E-state index in [0.29, 0.717) is 0 Å². The second-order valence-electron chi connectivity index (χ2n) is 5.60. The van der Waals surface area contributed by atoms with E-state index in [0.717, 1.165) is 0 Å². The fraction of sp³-hybridized carbons (Fsp3) is 1.00. The molecular weight excluding hydrogens is 391 g/mol. The Labute approximate surface area is 87.0 Å². The molecule has 0 aliphatic heterocycles. The van der Waals surface area contributed by atoms with Gasteiger partial charge >= 0.3 is 87.7 Å². The third kappa shape index (κ3) is 3.46. The summed E-state index contributed by atoms with van der Waals surface area (Å²) < 4.78 is 36.0. The van der Waals surface area contributed by atoms with Gasteiger partial charge in [-0.1, -0.05) is 0 Å². The SMILES string of the molecule is [CH3][Sn]([CH3])([CH3])[CH](F)[C](F)(F)[Sn]([CH3])([CH3])[CH3]. The van der Waals surface area contributed by atoms with E-state index in [-0.39, 0.29) is 0 Å². The normalized spacial score (nSPS) is 17.3. The molecule has 0 amide bonds. The van der Waals surface area contributed by atoms with Gasteiger partial charge in [-0.05, 0) is 0 Å². The number of rotatable bonds is 3. The van der Waals surface area contributed by atoms with Crippen LogP contribution in [0.4, 0.5) is 13.2 Å². The van der Waals surface area contributed by atoms with E-state index in [4.69, 9.17) is 0 Å². The first-order valence-corrected chi connectivity index (χ1v) is 24.6. The molecule has 0 saturated heterocycles. The molecule has 0 aliphatic rings. The van der Waals surface area contributed by atoms with Crippen LogP contribution in [0.25, 0.3) is 0 Å². The summed E-state index contributed by atoms with van der Waals surface area (Å²) in [7, 11) is 0. The molecule has 0 saturated carbocycles. The zero-order valence-electron chi connectivity index (χ0n) is 9.21. The summed E-state index contributed by atoms with van der Waals surface area (Å²) in [5.41, 5.74) is 0. The van der Waals surface area contributed by atoms with E-state index in [2.05, 4.69) is 0 Å². The first-order chi connectivity index (χ1) is 5.40. The molecule has 0 bridgehead atoms. The Hall–Kier alpha value is 1.39. The van der Waals surface area contributed by atoms with Crippen molar-refractivity contribution in [1.82, 2.24) is 0 Å². The molecule has 5 heteroatoms. The molecule has 0 aromatic heterocycles. The van der Waals surface area contributed by atoms with Crippen molar-refractivity contribution in [2.24, 2.45) is 0 Å². The molecule has 0 radical (unpaired) electrons. The fourth-order valence-electron chi connectivity index (χ4n) is 0.924. The minimum atomic E-state index is -3.45. The molecule has 0 nitrogen and oxygen atoms in total. The van der Waals surface area contributed by atoms with Gasteiger partial charge in [0, 0.05) is 0 Å². The monoisotopic (exact) mass is 412 g/mol. The van der Waals surface area contributed by atoms with Crippen molar-refractivity contribution in [2.45, 2.75) is 37.8 Å². The van der Waals surface area contributed by atoms with Gasteiger partial charge in [0.2, 0.25) is 0 Å². The van der Waals surface area contributed by atoms with Crippen molar-refractivity contribution in [2.75, 3.05) is 0 Å². The number of hydrogen-bond acceptors (Lipinski definition) is 0. The third-order valence-corrected chi connectivity index (χ3v) is 16.2. The van der Waals surface area contributed by atoms with E-state index in [1.165, 1.54) is 0 Å². The Morgan fingerprint density at radius 1 is 0.923 bits per heavy atom. The predicted molar refractivity (Wildman–Crippen MR) is 56.5 cm³/mol. The van der Waals surface area contributed by atoms with Crippen LogP contribution in [0.2, 0.25) is 29.6 Å². The molecule has 0 spiro atoms. The van der Waals surface area contributed by atoms with Gasteiger partial charge < -0.3 is 0 Å². The summed E-state index contributed by atoms with van der Waals surface area (Å²) in [4.78, 5) is 9.97. The quantitative estimate of drug-likeness (QED) is 0.624. The first kappa shape index (κ1) is 14.4. The van der Waals surface area contributed by atoms with Gasteiger partial charge in [-0.3, -0.25) is 0 Å². The van der Waals surface area contributed by atoms with Gasteiger partial charge in [0.05, 0.1) is 0 Å². The van der Waals surface area contributed by atoms with Gasteiger partial charge in [0.15, 0.2) is 0 Å². The Balaban J connectivity index is 4.86. The van der Waals surface area contributed by atoms with E-state index in [9.17, 15) is 13.2 Å². The van der Waals surface area contributed by atoms with Crippen LogP contribution in [0.1, 0.15) is 0 Å². The van der Waals surface area contributed by atoms with Crippen LogP contribution in [0.3, 0.4) is 0 Å². The molecule has 0 aromatic carbocycles. The van der Waals surface area contributed by atoms with Gasteiger partial charge in [-0.25, -0.2) is 0 Å².